The van der Waals surface area contributed by atoms with Crippen LogP contribution in [0.4, 0.5) is 5.69 Å². The second-order valence-electron chi connectivity index (χ2n) is 7.59. The predicted molar refractivity (Wildman–Crippen MR) is 112 cm³/mol. The molecule has 0 aromatic heterocycles. The van der Waals surface area contributed by atoms with Gasteiger partial charge in [0.05, 0.1) is 19.0 Å². The van der Waals surface area contributed by atoms with Crippen molar-refractivity contribution in [3.05, 3.63) is 65.2 Å². The molecule has 0 saturated heterocycles. The first kappa shape index (κ1) is 19.9. The van der Waals surface area contributed by atoms with Crippen molar-refractivity contribution >= 4 is 17.5 Å². The lowest BCUT2D eigenvalue weighted by molar-refractivity contribution is -0.130. The van der Waals surface area contributed by atoms with Crippen LogP contribution in [0.2, 0.25) is 0 Å². The van der Waals surface area contributed by atoms with E-state index in [2.05, 4.69) is 23.5 Å². The van der Waals surface area contributed by atoms with E-state index < -0.39 is 0 Å². The lowest BCUT2D eigenvalue weighted by Crippen LogP contribution is -2.37. The van der Waals surface area contributed by atoms with Gasteiger partial charge < -0.3 is 15.1 Å². The number of benzene rings is 2. The third kappa shape index (κ3) is 4.53. The maximum Gasteiger partial charge on any atom is 0.242 e. The Balaban J connectivity index is 1.66. The molecule has 2 amide bonds. The highest BCUT2D eigenvalue weighted by Gasteiger charge is 2.26. The Labute approximate surface area is 167 Å². The standard InChI is InChI=1S/C23H29N3O2/c1-25(2)22(27)15-18-10-5-7-13-20(18)24-16-23(28)26(3)21-14-8-11-17-9-4-6-12-19(17)21/h4-7,9-10,12-13,21,24H,8,11,14-16H2,1-3H3/t21-/m0/s1. The molecule has 5 nitrogen and oxygen atoms in total. The fraction of sp³-hybridized carbons (Fsp3) is 0.391. The Kier molecular flexibility index (Phi) is 6.34. The summed E-state index contributed by atoms with van der Waals surface area (Å²) >= 11 is 0. The van der Waals surface area contributed by atoms with Crippen molar-refractivity contribution in [1.82, 2.24) is 9.80 Å². The Morgan fingerprint density at radius 2 is 1.71 bits per heavy atom. The normalized spacial score (nSPS) is 15.5. The zero-order valence-corrected chi connectivity index (χ0v) is 16.9. The third-order valence-electron chi connectivity index (χ3n) is 5.49. The molecule has 1 N–H and O–H groups in total. The van der Waals surface area contributed by atoms with Crippen LogP contribution in [0.3, 0.4) is 0 Å². The minimum atomic E-state index is 0.0384. The molecule has 0 spiro atoms. The average Bonchev–Trinajstić information content (AvgIpc) is 2.71. The number of nitrogens with one attached hydrogen (secondary N) is 1. The van der Waals surface area contributed by atoms with Gasteiger partial charge in [0.25, 0.3) is 0 Å². The van der Waals surface area contributed by atoms with Crippen LogP contribution < -0.4 is 5.32 Å². The van der Waals surface area contributed by atoms with Crippen molar-refractivity contribution in [3.63, 3.8) is 0 Å². The molecule has 0 fully saturated rings. The van der Waals surface area contributed by atoms with E-state index in [1.165, 1.54) is 11.1 Å². The lowest BCUT2D eigenvalue weighted by atomic mass is 9.87. The number of carbonyl (C=O) groups is 2. The van der Waals surface area contributed by atoms with Crippen LogP contribution in [-0.2, 0) is 22.4 Å². The molecule has 0 unspecified atom stereocenters. The first-order valence-corrected chi connectivity index (χ1v) is 9.82. The number of hydrogen-bond acceptors (Lipinski definition) is 3. The van der Waals surface area contributed by atoms with Gasteiger partial charge in [-0.1, -0.05) is 42.5 Å². The summed E-state index contributed by atoms with van der Waals surface area (Å²) in [5.41, 5.74) is 4.35. The number of fused-ring (bicyclic) bond motifs is 1. The van der Waals surface area contributed by atoms with Crippen LogP contribution in [-0.4, -0.2) is 49.3 Å². The molecule has 2 aromatic carbocycles. The van der Waals surface area contributed by atoms with Crippen molar-refractivity contribution in [2.75, 3.05) is 33.0 Å². The van der Waals surface area contributed by atoms with E-state index in [-0.39, 0.29) is 24.4 Å². The van der Waals surface area contributed by atoms with Crippen LogP contribution in [0.5, 0.6) is 0 Å². The van der Waals surface area contributed by atoms with Gasteiger partial charge in [0.2, 0.25) is 11.8 Å². The SMILES string of the molecule is CN(C)C(=O)Cc1ccccc1NCC(=O)N(C)[C@H]1CCCc2ccccc21. The molecule has 0 bridgehead atoms. The van der Waals surface area contributed by atoms with Crippen molar-refractivity contribution in [1.29, 1.82) is 0 Å². The molecule has 3 rings (SSSR count). The van der Waals surface area contributed by atoms with E-state index in [1.807, 2.05) is 42.3 Å². The molecule has 1 atom stereocenters. The molecule has 1 aliphatic carbocycles. The minimum absolute atomic E-state index is 0.0384. The highest BCUT2D eigenvalue weighted by Crippen LogP contribution is 2.33. The number of nitrogens with zero attached hydrogens (tertiary/aromatic N) is 2. The Hall–Kier alpha value is -2.82. The van der Waals surface area contributed by atoms with Gasteiger partial charge in [0, 0.05) is 26.8 Å². The number of hydrogen-bond donors (Lipinski definition) is 1. The van der Waals surface area contributed by atoms with E-state index in [1.54, 1.807) is 19.0 Å². The summed E-state index contributed by atoms with van der Waals surface area (Å²) in [5.74, 6) is 0.0898. The number of anilines is 1. The quantitative estimate of drug-likeness (QED) is 0.838. The van der Waals surface area contributed by atoms with Gasteiger partial charge >= 0.3 is 0 Å². The molecule has 1 aliphatic rings. The molecular weight excluding hydrogens is 350 g/mol. The molecule has 0 aliphatic heterocycles. The molecule has 0 radical (unpaired) electrons. The fourth-order valence-electron chi connectivity index (χ4n) is 3.77. The summed E-state index contributed by atoms with van der Waals surface area (Å²) in [5, 5.41) is 3.24. The van der Waals surface area contributed by atoms with E-state index in [0.717, 1.165) is 30.5 Å². The summed E-state index contributed by atoms with van der Waals surface area (Å²) < 4.78 is 0. The van der Waals surface area contributed by atoms with Crippen LogP contribution in [0.15, 0.2) is 48.5 Å². The first-order chi connectivity index (χ1) is 13.5. The summed E-state index contributed by atoms with van der Waals surface area (Å²) in [6, 6.07) is 16.2. The van der Waals surface area contributed by atoms with E-state index in [0.29, 0.717) is 6.42 Å². The van der Waals surface area contributed by atoms with Crippen molar-refractivity contribution < 1.29 is 9.59 Å². The zero-order chi connectivity index (χ0) is 20.1. The monoisotopic (exact) mass is 379 g/mol. The minimum Gasteiger partial charge on any atom is -0.376 e. The van der Waals surface area contributed by atoms with Gasteiger partial charge in [-0.25, -0.2) is 0 Å². The maximum absolute atomic E-state index is 12.9. The molecule has 0 heterocycles. The van der Waals surface area contributed by atoms with Gasteiger partial charge in [-0.2, -0.15) is 0 Å². The zero-order valence-electron chi connectivity index (χ0n) is 16.9. The molecular formula is C23H29N3O2. The molecule has 0 saturated carbocycles. The topological polar surface area (TPSA) is 52.7 Å². The first-order valence-electron chi connectivity index (χ1n) is 9.82. The number of aryl methyl sites for hydroxylation is 1. The number of amides is 2. The number of para-hydroxylation sites is 1. The Morgan fingerprint density at radius 3 is 2.50 bits per heavy atom. The fourth-order valence-corrected chi connectivity index (χ4v) is 3.77. The van der Waals surface area contributed by atoms with Crippen LogP contribution in [0.1, 0.15) is 35.6 Å². The molecule has 2 aromatic rings. The van der Waals surface area contributed by atoms with Crippen molar-refractivity contribution in [2.24, 2.45) is 0 Å². The summed E-state index contributed by atoms with van der Waals surface area (Å²) in [4.78, 5) is 28.4. The molecule has 28 heavy (non-hydrogen) atoms. The van der Waals surface area contributed by atoms with Crippen LogP contribution >= 0.6 is 0 Å². The summed E-state index contributed by atoms with van der Waals surface area (Å²) in [6.45, 7) is 0.211. The third-order valence-corrected chi connectivity index (χ3v) is 5.49. The molecule has 5 heteroatoms. The smallest absolute Gasteiger partial charge is 0.242 e. The number of likely N-dealkylation sites (N-methyl/N-ethyl adjacent to an activating group) is 2. The van der Waals surface area contributed by atoms with Crippen LogP contribution in [0, 0.1) is 0 Å². The van der Waals surface area contributed by atoms with E-state index in [4.69, 9.17) is 0 Å². The predicted octanol–water partition coefficient (Wildman–Crippen LogP) is 3.27. The Morgan fingerprint density at radius 1 is 1.00 bits per heavy atom. The van der Waals surface area contributed by atoms with Gasteiger partial charge in [-0.3, -0.25) is 9.59 Å². The highest BCUT2D eigenvalue weighted by molar-refractivity contribution is 5.83. The maximum atomic E-state index is 12.9. The summed E-state index contributed by atoms with van der Waals surface area (Å²) in [6.07, 6.45) is 3.49. The van der Waals surface area contributed by atoms with Crippen LogP contribution in [0.25, 0.3) is 0 Å². The van der Waals surface area contributed by atoms with Gasteiger partial charge in [-0.15, -0.1) is 0 Å². The van der Waals surface area contributed by atoms with Gasteiger partial charge in [-0.05, 0) is 42.0 Å². The molecule has 148 valence electrons. The van der Waals surface area contributed by atoms with Gasteiger partial charge in [0.15, 0.2) is 0 Å². The van der Waals surface area contributed by atoms with E-state index in [9.17, 15) is 9.59 Å². The number of carbonyl (C=O) groups excluding carboxylic acids is 2. The second kappa shape index (κ2) is 8.91. The highest BCUT2D eigenvalue weighted by atomic mass is 16.2. The Bertz CT molecular complexity index is 847. The largest absolute Gasteiger partial charge is 0.376 e. The van der Waals surface area contributed by atoms with Gasteiger partial charge in [0.1, 0.15) is 0 Å². The average molecular weight is 380 g/mol. The lowest BCUT2D eigenvalue weighted by Gasteiger charge is -2.33. The second-order valence-corrected chi connectivity index (χ2v) is 7.59. The number of rotatable bonds is 6. The van der Waals surface area contributed by atoms with Crippen molar-refractivity contribution in [2.45, 2.75) is 31.7 Å². The summed E-state index contributed by atoms with van der Waals surface area (Å²) in [7, 11) is 5.38. The van der Waals surface area contributed by atoms with E-state index >= 15 is 0 Å². The van der Waals surface area contributed by atoms with Crippen molar-refractivity contribution in [3.8, 4) is 0 Å².